The van der Waals surface area contributed by atoms with Gasteiger partial charge >= 0.3 is 0 Å². The molecule has 35 heavy (non-hydrogen) atoms. The maximum atomic E-state index is 12.7. The third-order valence-corrected chi connectivity index (χ3v) is 8.29. The van der Waals surface area contributed by atoms with Gasteiger partial charge < -0.3 is 29.7 Å². The SMILES string of the molecule is CN1CCN2c3c(Cl)cc(Nc4ncc(Cl)c(Nc5ccccc5P(C)(C)=O)n4)cc3OC[C@@H]2C1. The minimum Gasteiger partial charge on any atom is -0.489 e. The molecule has 3 heterocycles. The number of halogens is 2. The fraction of sp³-hybridized carbons (Fsp3) is 0.333. The predicted molar refractivity (Wildman–Crippen MR) is 145 cm³/mol. The van der Waals surface area contributed by atoms with Crippen molar-refractivity contribution in [2.75, 3.05) is 62.2 Å². The molecule has 0 bridgehead atoms. The van der Waals surface area contributed by atoms with Crippen LogP contribution in [0.1, 0.15) is 0 Å². The molecule has 0 aliphatic carbocycles. The van der Waals surface area contributed by atoms with Crippen LogP contribution >= 0.6 is 30.3 Å². The van der Waals surface area contributed by atoms with Crippen molar-refractivity contribution in [2.24, 2.45) is 0 Å². The normalized spacial score (nSPS) is 17.9. The van der Waals surface area contributed by atoms with Crippen molar-refractivity contribution in [3.8, 4) is 5.75 Å². The molecule has 0 amide bonds. The van der Waals surface area contributed by atoms with Crippen LogP contribution in [0.4, 0.5) is 28.8 Å². The molecule has 8 nitrogen and oxygen atoms in total. The zero-order valence-corrected chi connectivity index (χ0v) is 22.2. The lowest BCUT2D eigenvalue weighted by Crippen LogP contribution is -2.56. The monoisotopic (exact) mass is 532 g/mol. The molecule has 2 aromatic carbocycles. The molecule has 11 heteroatoms. The van der Waals surface area contributed by atoms with Gasteiger partial charge in [0.2, 0.25) is 5.95 Å². The number of rotatable bonds is 5. The lowest BCUT2D eigenvalue weighted by Gasteiger charge is -2.45. The topological polar surface area (TPSA) is 82.6 Å². The molecular formula is C24H27Cl2N6O2P. The van der Waals surface area contributed by atoms with E-state index < -0.39 is 7.14 Å². The molecule has 184 valence electrons. The summed E-state index contributed by atoms with van der Waals surface area (Å²) < 4.78 is 18.8. The Hall–Kier alpha value is -2.51. The van der Waals surface area contributed by atoms with Crippen molar-refractivity contribution in [3.05, 3.63) is 52.6 Å². The van der Waals surface area contributed by atoms with Gasteiger partial charge in [-0.15, -0.1) is 0 Å². The molecule has 5 rings (SSSR count). The zero-order chi connectivity index (χ0) is 24.7. The minimum absolute atomic E-state index is 0.287. The van der Waals surface area contributed by atoms with E-state index >= 15 is 0 Å². The largest absolute Gasteiger partial charge is 0.489 e. The van der Waals surface area contributed by atoms with Crippen molar-refractivity contribution in [1.29, 1.82) is 0 Å². The smallest absolute Gasteiger partial charge is 0.229 e. The van der Waals surface area contributed by atoms with Crippen molar-refractivity contribution < 1.29 is 9.30 Å². The summed E-state index contributed by atoms with van der Waals surface area (Å²) in [5, 5.41) is 8.11. The van der Waals surface area contributed by atoms with Crippen LogP contribution in [0.2, 0.25) is 10.0 Å². The Balaban J connectivity index is 1.40. The molecular weight excluding hydrogens is 506 g/mol. The molecule has 3 aromatic rings. The van der Waals surface area contributed by atoms with Gasteiger partial charge in [-0.05, 0) is 38.6 Å². The quantitative estimate of drug-likeness (QED) is 0.442. The zero-order valence-electron chi connectivity index (χ0n) is 19.8. The highest BCUT2D eigenvalue weighted by molar-refractivity contribution is 7.70. The molecule has 1 atom stereocenters. The van der Waals surface area contributed by atoms with Gasteiger partial charge in [0.15, 0.2) is 5.82 Å². The molecule has 2 aliphatic rings. The number of hydrogen-bond donors (Lipinski definition) is 2. The fourth-order valence-corrected chi connectivity index (χ4v) is 6.10. The highest BCUT2D eigenvalue weighted by Crippen LogP contribution is 2.43. The summed E-state index contributed by atoms with van der Waals surface area (Å²) in [5.41, 5.74) is 2.34. The van der Waals surface area contributed by atoms with Crippen LogP contribution in [0, 0.1) is 0 Å². The van der Waals surface area contributed by atoms with Crippen molar-refractivity contribution in [1.82, 2.24) is 14.9 Å². The second-order valence-corrected chi connectivity index (χ2v) is 13.2. The van der Waals surface area contributed by atoms with Crippen LogP contribution in [-0.4, -0.2) is 67.5 Å². The Labute approximate surface area is 215 Å². The number of likely N-dealkylation sites (N-methyl/N-ethyl adjacent to an activating group) is 1. The van der Waals surface area contributed by atoms with Crippen LogP contribution in [-0.2, 0) is 4.57 Å². The average molecular weight is 533 g/mol. The van der Waals surface area contributed by atoms with E-state index in [1.807, 2.05) is 36.4 Å². The Morgan fingerprint density at radius 3 is 2.71 bits per heavy atom. The van der Waals surface area contributed by atoms with Crippen molar-refractivity contribution in [3.63, 3.8) is 0 Å². The summed E-state index contributed by atoms with van der Waals surface area (Å²) in [6.07, 6.45) is 1.52. The first-order chi connectivity index (χ1) is 16.7. The first kappa shape index (κ1) is 24.2. The van der Waals surface area contributed by atoms with E-state index in [2.05, 4.69) is 37.4 Å². The first-order valence-corrected chi connectivity index (χ1v) is 14.7. The van der Waals surface area contributed by atoms with Crippen LogP contribution in [0.25, 0.3) is 0 Å². The average Bonchev–Trinajstić information content (AvgIpc) is 2.80. The maximum absolute atomic E-state index is 12.7. The van der Waals surface area contributed by atoms with Gasteiger partial charge in [-0.25, -0.2) is 4.98 Å². The Morgan fingerprint density at radius 1 is 1.11 bits per heavy atom. The number of para-hydroxylation sites is 1. The van der Waals surface area contributed by atoms with Gasteiger partial charge in [0.05, 0.1) is 28.6 Å². The van der Waals surface area contributed by atoms with Crippen LogP contribution < -0.4 is 25.6 Å². The molecule has 0 unspecified atom stereocenters. The van der Waals surface area contributed by atoms with E-state index in [0.29, 0.717) is 39.8 Å². The van der Waals surface area contributed by atoms with E-state index in [1.165, 1.54) is 6.20 Å². The summed E-state index contributed by atoms with van der Waals surface area (Å²) >= 11 is 13.1. The van der Waals surface area contributed by atoms with Gasteiger partial charge in [-0.1, -0.05) is 35.3 Å². The number of benzene rings is 2. The molecule has 2 aliphatic heterocycles. The van der Waals surface area contributed by atoms with E-state index in [1.54, 1.807) is 13.3 Å². The fourth-order valence-electron chi connectivity index (χ4n) is 4.49. The molecule has 1 saturated heterocycles. The van der Waals surface area contributed by atoms with Gasteiger partial charge in [0, 0.05) is 36.7 Å². The number of nitrogens with one attached hydrogen (secondary N) is 2. The number of hydrogen-bond acceptors (Lipinski definition) is 8. The van der Waals surface area contributed by atoms with Gasteiger partial charge in [0.1, 0.15) is 24.5 Å². The Morgan fingerprint density at radius 2 is 1.91 bits per heavy atom. The van der Waals surface area contributed by atoms with Gasteiger partial charge in [0.25, 0.3) is 0 Å². The number of aromatic nitrogens is 2. The van der Waals surface area contributed by atoms with E-state index in [-0.39, 0.29) is 6.04 Å². The third-order valence-electron chi connectivity index (χ3n) is 6.17. The molecule has 0 spiro atoms. The number of fused-ring (bicyclic) bond motifs is 3. The molecule has 0 radical (unpaired) electrons. The summed E-state index contributed by atoms with van der Waals surface area (Å²) in [5.74, 6) is 1.49. The third kappa shape index (κ3) is 5.07. The number of anilines is 5. The molecule has 0 saturated carbocycles. The first-order valence-electron chi connectivity index (χ1n) is 11.3. The number of ether oxygens (including phenoxy) is 1. The summed E-state index contributed by atoms with van der Waals surface area (Å²) in [6.45, 7) is 6.90. The molecule has 2 N–H and O–H groups in total. The maximum Gasteiger partial charge on any atom is 0.229 e. The highest BCUT2D eigenvalue weighted by atomic mass is 35.5. The Kier molecular flexibility index (Phi) is 6.57. The predicted octanol–water partition coefficient (Wildman–Crippen LogP) is 5.03. The van der Waals surface area contributed by atoms with E-state index in [0.717, 1.165) is 36.4 Å². The Bertz CT molecular complexity index is 1320. The molecule has 1 aromatic heterocycles. The highest BCUT2D eigenvalue weighted by Gasteiger charge is 2.33. The summed E-state index contributed by atoms with van der Waals surface area (Å²) in [7, 11) is -0.382. The lowest BCUT2D eigenvalue weighted by molar-refractivity contribution is 0.188. The summed E-state index contributed by atoms with van der Waals surface area (Å²) in [4.78, 5) is 13.5. The van der Waals surface area contributed by atoms with E-state index in [9.17, 15) is 4.57 Å². The minimum atomic E-state index is -2.51. The van der Waals surface area contributed by atoms with Gasteiger partial charge in [-0.3, -0.25) is 0 Å². The standard InChI is InChI=1S/C24H27Cl2N6O2P/c1-31-8-9-32-16(13-31)14-34-20-11-15(10-17(25)22(20)32)28-24-27-12-18(26)23(30-24)29-19-6-4-5-7-21(19)35(2,3)33/h4-7,10-12,16H,8-9,13-14H2,1-3H3,(H2,27,28,29,30)/t16-/m0/s1. The van der Waals surface area contributed by atoms with Crippen LogP contribution in [0.15, 0.2) is 42.6 Å². The van der Waals surface area contributed by atoms with Crippen molar-refractivity contribution >= 4 is 64.5 Å². The number of piperazine rings is 1. The van der Waals surface area contributed by atoms with Crippen molar-refractivity contribution in [2.45, 2.75) is 6.04 Å². The molecule has 1 fully saturated rings. The lowest BCUT2D eigenvalue weighted by atomic mass is 10.1. The second kappa shape index (κ2) is 9.51. The summed E-state index contributed by atoms with van der Waals surface area (Å²) in [6, 6.07) is 11.5. The van der Waals surface area contributed by atoms with Crippen LogP contribution in [0.5, 0.6) is 5.75 Å². The van der Waals surface area contributed by atoms with Gasteiger partial charge in [-0.2, -0.15) is 4.98 Å². The second-order valence-electron chi connectivity index (χ2n) is 9.23. The number of nitrogens with zero attached hydrogens (tertiary/aromatic N) is 4. The van der Waals surface area contributed by atoms with E-state index in [4.69, 9.17) is 27.9 Å². The van der Waals surface area contributed by atoms with Crippen LogP contribution in [0.3, 0.4) is 0 Å².